The first kappa shape index (κ1) is 9.12. The van der Waals surface area contributed by atoms with Gasteiger partial charge in [-0.25, -0.2) is 0 Å². The van der Waals surface area contributed by atoms with Gasteiger partial charge < -0.3 is 0 Å². The maximum Gasteiger partial charge on any atom is 0.148 e. The number of hydrogen-bond acceptors (Lipinski definition) is 4. The van der Waals surface area contributed by atoms with Gasteiger partial charge in [-0.15, -0.1) is 33.1 Å². The summed E-state index contributed by atoms with van der Waals surface area (Å²) >= 11 is 8.92. The van der Waals surface area contributed by atoms with Crippen LogP contribution in [-0.2, 0) is 5.88 Å². The first-order chi connectivity index (χ1) is 6.29. The highest BCUT2D eigenvalue weighted by atomic mass is 35.5. The number of alkyl halides is 1. The number of halogens is 1. The molecule has 13 heavy (non-hydrogen) atoms. The Kier molecular flexibility index (Phi) is 2.62. The second-order valence-electron chi connectivity index (χ2n) is 2.58. The minimum Gasteiger partial charge on any atom is -0.148 e. The summed E-state index contributed by atoms with van der Waals surface area (Å²) in [4.78, 5) is 1.29. The zero-order chi connectivity index (χ0) is 9.26. The van der Waals surface area contributed by atoms with Crippen molar-refractivity contribution in [1.82, 2.24) is 10.2 Å². The van der Waals surface area contributed by atoms with Crippen molar-refractivity contribution in [3.05, 3.63) is 21.3 Å². The van der Waals surface area contributed by atoms with Gasteiger partial charge in [0.05, 0.1) is 5.88 Å². The third kappa shape index (κ3) is 1.90. The fourth-order valence-corrected chi connectivity index (χ4v) is 2.64. The summed E-state index contributed by atoms with van der Waals surface area (Å²) in [6.07, 6.45) is 0. The molecule has 0 amide bonds. The minimum atomic E-state index is 0.445. The molecule has 0 aromatic carbocycles. The monoisotopic (exact) mass is 230 g/mol. The van der Waals surface area contributed by atoms with E-state index in [0.717, 1.165) is 15.6 Å². The fourth-order valence-electron chi connectivity index (χ4n) is 0.980. The summed E-state index contributed by atoms with van der Waals surface area (Å²) in [5, 5.41) is 11.9. The largest absolute Gasteiger partial charge is 0.148 e. The summed E-state index contributed by atoms with van der Waals surface area (Å²) in [5.74, 6) is 0.445. The van der Waals surface area contributed by atoms with Gasteiger partial charge in [0.15, 0.2) is 0 Å². The second kappa shape index (κ2) is 3.74. The van der Waals surface area contributed by atoms with Gasteiger partial charge in [-0.3, -0.25) is 0 Å². The van der Waals surface area contributed by atoms with Gasteiger partial charge in [0.2, 0.25) is 0 Å². The summed E-state index contributed by atoms with van der Waals surface area (Å²) < 4.78 is 0. The molecule has 0 aliphatic carbocycles. The average molecular weight is 231 g/mol. The van der Waals surface area contributed by atoms with Gasteiger partial charge in [0.1, 0.15) is 10.0 Å². The number of hydrogen-bond donors (Lipinski definition) is 0. The normalized spacial score (nSPS) is 10.6. The van der Waals surface area contributed by atoms with Crippen molar-refractivity contribution < 1.29 is 0 Å². The zero-order valence-electron chi connectivity index (χ0n) is 6.95. The third-order valence-corrected chi connectivity index (χ3v) is 3.80. The van der Waals surface area contributed by atoms with E-state index < -0.39 is 0 Å². The Labute approximate surface area is 89.2 Å². The number of rotatable bonds is 2. The highest BCUT2D eigenvalue weighted by molar-refractivity contribution is 7.15. The minimum absolute atomic E-state index is 0.445. The predicted octanol–water partition coefficient (Wildman–Crippen LogP) is 3.31. The summed E-state index contributed by atoms with van der Waals surface area (Å²) in [6, 6.07) is 2.11. The molecular weight excluding hydrogens is 224 g/mol. The van der Waals surface area contributed by atoms with Crippen molar-refractivity contribution >= 4 is 34.3 Å². The Morgan fingerprint density at radius 1 is 1.46 bits per heavy atom. The molecule has 0 spiro atoms. The Morgan fingerprint density at radius 2 is 2.31 bits per heavy atom. The van der Waals surface area contributed by atoms with E-state index in [0.29, 0.717) is 5.88 Å². The first-order valence-electron chi connectivity index (χ1n) is 3.73. The molecule has 5 heteroatoms. The average Bonchev–Trinajstić information content (AvgIpc) is 2.71. The van der Waals surface area contributed by atoms with Crippen molar-refractivity contribution in [3.63, 3.8) is 0 Å². The predicted molar refractivity (Wildman–Crippen MR) is 57.5 cm³/mol. The molecule has 0 saturated heterocycles. The van der Waals surface area contributed by atoms with Crippen LogP contribution in [-0.4, -0.2) is 10.2 Å². The van der Waals surface area contributed by atoms with Crippen LogP contribution in [0, 0.1) is 6.92 Å². The molecule has 0 aliphatic heterocycles. The molecule has 0 unspecified atom stereocenters. The lowest BCUT2D eigenvalue weighted by Gasteiger charge is -1.83. The Balaban J connectivity index is 2.35. The molecule has 0 aliphatic rings. The lowest BCUT2D eigenvalue weighted by molar-refractivity contribution is 1.04. The Bertz CT molecular complexity index is 408. The van der Waals surface area contributed by atoms with Crippen LogP contribution in [0.1, 0.15) is 9.88 Å². The molecule has 0 atom stereocenters. The van der Waals surface area contributed by atoms with E-state index in [9.17, 15) is 0 Å². The topological polar surface area (TPSA) is 25.8 Å². The molecule has 2 rings (SSSR count). The van der Waals surface area contributed by atoms with Crippen molar-refractivity contribution in [2.75, 3.05) is 0 Å². The van der Waals surface area contributed by atoms with Crippen molar-refractivity contribution in [2.45, 2.75) is 12.8 Å². The molecule has 2 aromatic rings. The van der Waals surface area contributed by atoms with Gasteiger partial charge in [0, 0.05) is 15.8 Å². The van der Waals surface area contributed by atoms with Crippen molar-refractivity contribution in [2.24, 2.45) is 0 Å². The van der Waals surface area contributed by atoms with Crippen LogP contribution in [0.15, 0.2) is 11.4 Å². The van der Waals surface area contributed by atoms with Crippen LogP contribution in [0.3, 0.4) is 0 Å². The van der Waals surface area contributed by atoms with Crippen LogP contribution in [0.4, 0.5) is 0 Å². The smallest absolute Gasteiger partial charge is 0.148 e. The second-order valence-corrected chi connectivity index (χ2v) is 5.03. The van der Waals surface area contributed by atoms with Crippen LogP contribution < -0.4 is 0 Å². The van der Waals surface area contributed by atoms with Crippen molar-refractivity contribution in [3.8, 4) is 10.6 Å². The Hall–Kier alpha value is -0.450. The number of thiophene rings is 1. The van der Waals surface area contributed by atoms with Gasteiger partial charge in [-0.05, 0) is 13.0 Å². The van der Waals surface area contributed by atoms with Crippen LogP contribution in [0.5, 0.6) is 0 Å². The summed E-state index contributed by atoms with van der Waals surface area (Å²) in [5.41, 5.74) is 1.15. The van der Waals surface area contributed by atoms with E-state index >= 15 is 0 Å². The quantitative estimate of drug-likeness (QED) is 0.740. The van der Waals surface area contributed by atoms with E-state index in [1.165, 1.54) is 4.88 Å². The Morgan fingerprint density at radius 3 is 2.85 bits per heavy atom. The highest BCUT2D eigenvalue weighted by Gasteiger charge is 2.06. The molecule has 0 N–H and O–H groups in total. The van der Waals surface area contributed by atoms with Crippen LogP contribution >= 0.6 is 34.3 Å². The highest BCUT2D eigenvalue weighted by Crippen LogP contribution is 2.28. The SMILES string of the molecule is Cc1cc(-c2nnc(CCl)s2)cs1. The van der Waals surface area contributed by atoms with E-state index in [-0.39, 0.29) is 0 Å². The third-order valence-electron chi connectivity index (χ3n) is 1.56. The van der Waals surface area contributed by atoms with E-state index in [2.05, 4.69) is 28.6 Å². The molecule has 2 heterocycles. The molecule has 0 fully saturated rings. The van der Waals surface area contributed by atoms with Gasteiger partial charge in [0.25, 0.3) is 0 Å². The molecular formula is C8H7ClN2S2. The van der Waals surface area contributed by atoms with Gasteiger partial charge >= 0.3 is 0 Å². The lowest BCUT2D eigenvalue weighted by atomic mass is 10.3. The standard InChI is InChI=1S/C8H7ClN2S2/c1-5-2-6(4-12-5)8-11-10-7(3-9)13-8/h2,4H,3H2,1H3. The molecule has 2 aromatic heterocycles. The molecule has 0 radical (unpaired) electrons. The van der Waals surface area contributed by atoms with Gasteiger partial charge in [-0.2, -0.15) is 0 Å². The number of aryl methyl sites for hydroxylation is 1. The van der Waals surface area contributed by atoms with Crippen molar-refractivity contribution in [1.29, 1.82) is 0 Å². The molecule has 2 nitrogen and oxygen atoms in total. The van der Waals surface area contributed by atoms with Gasteiger partial charge in [-0.1, -0.05) is 11.3 Å². The molecule has 0 bridgehead atoms. The first-order valence-corrected chi connectivity index (χ1v) is 5.96. The van der Waals surface area contributed by atoms with E-state index in [1.807, 2.05) is 0 Å². The maximum absolute atomic E-state index is 5.64. The number of nitrogens with zero attached hydrogens (tertiary/aromatic N) is 2. The fraction of sp³-hybridized carbons (Fsp3) is 0.250. The summed E-state index contributed by atoms with van der Waals surface area (Å²) in [7, 11) is 0. The lowest BCUT2D eigenvalue weighted by Crippen LogP contribution is -1.74. The summed E-state index contributed by atoms with van der Waals surface area (Å²) in [6.45, 7) is 2.08. The maximum atomic E-state index is 5.64. The van der Waals surface area contributed by atoms with Crippen LogP contribution in [0.25, 0.3) is 10.6 Å². The number of aromatic nitrogens is 2. The molecule has 68 valence electrons. The van der Waals surface area contributed by atoms with E-state index in [1.54, 1.807) is 22.7 Å². The molecule has 0 saturated carbocycles. The van der Waals surface area contributed by atoms with Crippen LogP contribution in [0.2, 0.25) is 0 Å². The van der Waals surface area contributed by atoms with E-state index in [4.69, 9.17) is 11.6 Å². The zero-order valence-corrected chi connectivity index (χ0v) is 9.34.